The molecule has 0 radical (unpaired) electrons. The van der Waals surface area contributed by atoms with Crippen molar-refractivity contribution < 1.29 is 13.5 Å². The van der Waals surface area contributed by atoms with E-state index in [1.807, 2.05) is 13.0 Å². The van der Waals surface area contributed by atoms with E-state index in [1.165, 1.54) is 24.3 Å². The van der Waals surface area contributed by atoms with Crippen molar-refractivity contribution in [2.24, 2.45) is 0 Å². The summed E-state index contributed by atoms with van der Waals surface area (Å²) in [5.74, 6) is -0.162. The molecule has 0 aromatic heterocycles. The Labute approximate surface area is 188 Å². The molecule has 0 fully saturated rings. The van der Waals surface area contributed by atoms with Gasteiger partial charge in [-0.3, -0.25) is 0 Å². The lowest BCUT2D eigenvalue weighted by atomic mass is 9.85. The van der Waals surface area contributed by atoms with Crippen molar-refractivity contribution in [2.75, 3.05) is 17.7 Å². The van der Waals surface area contributed by atoms with Gasteiger partial charge < -0.3 is 15.4 Å². The molecule has 1 heterocycles. The molecule has 1 aliphatic rings. The van der Waals surface area contributed by atoms with Gasteiger partial charge in [0.05, 0.1) is 12.6 Å². The molecule has 2 N–H and O–H groups in total. The van der Waals surface area contributed by atoms with Crippen LogP contribution in [0.25, 0.3) is 16.7 Å². The molecule has 0 unspecified atom stereocenters. The third-order valence-electron chi connectivity index (χ3n) is 5.85. The fourth-order valence-corrected chi connectivity index (χ4v) is 4.49. The van der Waals surface area contributed by atoms with Gasteiger partial charge in [0.25, 0.3) is 0 Å². The molecule has 5 heteroatoms. The minimum atomic E-state index is -0.349. The molecule has 166 valence electrons. The number of halogens is 2. The van der Waals surface area contributed by atoms with Gasteiger partial charge in [-0.2, -0.15) is 0 Å². The molecule has 3 nitrogen and oxygen atoms in total. The number of ether oxygens (including phenoxy) is 1. The first-order chi connectivity index (χ1) is 15.2. The molecule has 4 rings (SSSR count). The highest BCUT2D eigenvalue weighted by Crippen LogP contribution is 2.42. The summed E-state index contributed by atoms with van der Waals surface area (Å²) in [4.78, 5) is 0. The quantitative estimate of drug-likeness (QED) is 0.447. The molecule has 3 aromatic rings. The van der Waals surface area contributed by atoms with Crippen molar-refractivity contribution in [3.8, 4) is 16.9 Å². The maximum atomic E-state index is 13.9. The minimum Gasteiger partial charge on any atom is -0.496 e. The summed E-state index contributed by atoms with van der Waals surface area (Å²) in [7, 11) is 1.54. The number of rotatable bonds is 5. The highest BCUT2D eigenvalue weighted by molar-refractivity contribution is 5.88. The van der Waals surface area contributed by atoms with Crippen LogP contribution in [0.4, 0.5) is 20.2 Å². The Morgan fingerprint density at radius 2 is 1.62 bits per heavy atom. The van der Waals surface area contributed by atoms with Crippen molar-refractivity contribution in [3.05, 3.63) is 82.9 Å². The van der Waals surface area contributed by atoms with Crippen molar-refractivity contribution in [3.63, 3.8) is 0 Å². The monoisotopic (exact) mass is 434 g/mol. The maximum absolute atomic E-state index is 13.9. The largest absolute Gasteiger partial charge is 0.496 e. The number of hydrogen-bond acceptors (Lipinski definition) is 3. The molecule has 0 bridgehead atoms. The summed E-state index contributed by atoms with van der Waals surface area (Å²) in [5, 5.41) is 7.00. The predicted octanol–water partition coefficient (Wildman–Crippen LogP) is 7.17. The number of methoxy groups -OCH3 is 1. The zero-order valence-corrected chi connectivity index (χ0v) is 19.1. The van der Waals surface area contributed by atoms with E-state index in [1.54, 1.807) is 19.2 Å². The second-order valence-electron chi connectivity index (χ2n) is 8.85. The van der Waals surface area contributed by atoms with Gasteiger partial charge in [-0.05, 0) is 80.3 Å². The van der Waals surface area contributed by atoms with Crippen molar-refractivity contribution in [1.82, 2.24) is 0 Å². The summed E-state index contributed by atoms with van der Waals surface area (Å²) in [6, 6.07) is 13.4. The first kappa shape index (κ1) is 21.9. The Hall–Kier alpha value is -3.34. The fraction of sp³-hybridized carbons (Fsp3) is 0.259. The van der Waals surface area contributed by atoms with Gasteiger partial charge in [0, 0.05) is 35.1 Å². The maximum Gasteiger partial charge on any atom is 0.129 e. The van der Waals surface area contributed by atoms with Crippen molar-refractivity contribution >= 4 is 16.9 Å². The second-order valence-corrected chi connectivity index (χ2v) is 8.85. The van der Waals surface area contributed by atoms with Crippen LogP contribution in [-0.2, 0) is 6.54 Å². The Bertz CT molecular complexity index is 1210. The van der Waals surface area contributed by atoms with E-state index < -0.39 is 0 Å². The van der Waals surface area contributed by atoms with E-state index in [0.29, 0.717) is 12.3 Å². The molecule has 1 aliphatic heterocycles. The molecule has 0 amide bonds. The van der Waals surface area contributed by atoms with E-state index in [0.717, 1.165) is 44.8 Å². The van der Waals surface area contributed by atoms with Crippen LogP contribution in [0.5, 0.6) is 5.75 Å². The van der Waals surface area contributed by atoms with Crippen LogP contribution in [0, 0.1) is 18.6 Å². The van der Waals surface area contributed by atoms with Crippen LogP contribution in [0.2, 0.25) is 0 Å². The average molecular weight is 435 g/mol. The van der Waals surface area contributed by atoms with Crippen LogP contribution in [0.15, 0.2) is 54.6 Å². The SMILES string of the molecule is COc1cc(F)ccc1-c1ccc2c(c1CNc1cc(F)ccc1C)C(C)=CC(C)(C)N2. The summed E-state index contributed by atoms with van der Waals surface area (Å²) in [5.41, 5.74) is 7.60. The summed E-state index contributed by atoms with van der Waals surface area (Å²) in [6.45, 7) is 8.77. The van der Waals surface area contributed by atoms with Gasteiger partial charge in [-0.25, -0.2) is 8.78 Å². The Balaban J connectivity index is 1.88. The lowest BCUT2D eigenvalue weighted by Crippen LogP contribution is -2.32. The molecule has 0 spiro atoms. The molecule has 32 heavy (non-hydrogen) atoms. The van der Waals surface area contributed by atoms with Gasteiger partial charge in [-0.1, -0.05) is 18.2 Å². The average Bonchev–Trinajstić information content (AvgIpc) is 2.73. The van der Waals surface area contributed by atoms with Gasteiger partial charge >= 0.3 is 0 Å². The Morgan fingerprint density at radius 3 is 2.38 bits per heavy atom. The van der Waals surface area contributed by atoms with Crippen molar-refractivity contribution in [2.45, 2.75) is 39.8 Å². The lowest BCUT2D eigenvalue weighted by Gasteiger charge is -2.33. The number of allylic oxidation sites excluding steroid dienone is 1. The zero-order valence-electron chi connectivity index (χ0n) is 19.1. The predicted molar refractivity (Wildman–Crippen MR) is 128 cm³/mol. The molecular formula is C27H28F2N2O. The zero-order chi connectivity index (χ0) is 23.0. The topological polar surface area (TPSA) is 33.3 Å². The Morgan fingerprint density at radius 1 is 0.938 bits per heavy atom. The number of fused-ring (bicyclic) bond motifs is 1. The van der Waals surface area contributed by atoms with Crippen LogP contribution in [-0.4, -0.2) is 12.6 Å². The van der Waals surface area contributed by atoms with Gasteiger partial charge in [-0.15, -0.1) is 0 Å². The third kappa shape index (κ3) is 4.20. The van der Waals surface area contributed by atoms with Crippen LogP contribution >= 0.6 is 0 Å². The van der Waals surface area contributed by atoms with E-state index in [2.05, 4.69) is 43.5 Å². The highest BCUT2D eigenvalue weighted by atomic mass is 19.1. The molecule has 0 saturated heterocycles. The standard InChI is InChI=1S/C27H28F2N2O/c1-16-6-7-18(28)12-24(16)30-15-22-20(21-9-8-19(29)13-25(21)32-5)10-11-23-26(22)17(2)14-27(3,4)31-23/h6-14,30-31H,15H2,1-5H3. The smallest absolute Gasteiger partial charge is 0.129 e. The molecule has 3 aromatic carbocycles. The number of hydrogen-bond donors (Lipinski definition) is 2. The highest BCUT2D eigenvalue weighted by Gasteiger charge is 2.26. The molecule has 0 aliphatic carbocycles. The second kappa shape index (κ2) is 8.30. The summed E-state index contributed by atoms with van der Waals surface area (Å²) in [6.07, 6.45) is 2.21. The summed E-state index contributed by atoms with van der Waals surface area (Å²) >= 11 is 0. The van der Waals surface area contributed by atoms with Gasteiger partial charge in [0.15, 0.2) is 0 Å². The number of nitrogens with one attached hydrogen (secondary N) is 2. The number of anilines is 2. The normalized spacial score (nSPS) is 14.3. The van der Waals surface area contributed by atoms with Crippen LogP contribution < -0.4 is 15.4 Å². The van der Waals surface area contributed by atoms with E-state index in [4.69, 9.17) is 4.74 Å². The molecule has 0 saturated carbocycles. The number of benzene rings is 3. The van der Waals surface area contributed by atoms with E-state index in [-0.39, 0.29) is 17.2 Å². The van der Waals surface area contributed by atoms with Gasteiger partial charge in [0.2, 0.25) is 0 Å². The first-order valence-corrected chi connectivity index (χ1v) is 10.7. The summed E-state index contributed by atoms with van der Waals surface area (Å²) < 4.78 is 33.2. The van der Waals surface area contributed by atoms with E-state index >= 15 is 0 Å². The van der Waals surface area contributed by atoms with Crippen molar-refractivity contribution in [1.29, 1.82) is 0 Å². The van der Waals surface area contributed by atoms with Gasteiger partial charge in [0.1, 0.15) is 17.4 Å². The van der Waals surface area contributed by atoms with Crippen LogP contribution in [0.3, 0.4) is 0 Å². The van der Waals surface area contributed by atoms with Crippen LogP contribution in [0.1, 0.15) is 37.5 Å². The minimum absolute atomic E-state index is 0.171. The molecular weight excluding hydrogens is 406 g/mol. The third-order valence-corrected chi connectivity index (χ3v) is 5.85. The Kier molecular flexibility index (Phi) is 5.68. The first-order valence-electron chi connectivity index (χ1n) is 10.7. The van der Waals surface area contributed by atoms with E-state index in [9.17, 15) is 8.78 Å². The lowest BCUT2D eigenvalue weighted by molar-refractivity contribution is 0.413. The molecule has 0 atom stereocenters. The fourth-order valence-electron chi connectivity index (χ4n) is 4.49. The number of aryl methyl sites for hydroxylation is 1.